The number of aromatic nitrogens is 2. The summed E-state index contributed by atoms with van der Waals surface area (Å²) in [4.78, 5) is 31.6. The van der Waals surface area contributed by atoms with Crippen LogP contribution in [0.5, 0.6) is 0 Å². The van der Waals surface area contributed by atoms with Crippen molar-refractivity contribution in [3.8, 4) is 22.5 Å². The van der Waals surface area contributed by atoms with Crippen molar-refractivity contribution in [2.24, 2.45) is 0 Å². The third kappa shape index (κ3) is 4.48. The van der Waals surface area contributed by atoms with Crippen LogP contribution in [0.15, 0.2) is 66.7 Å². The van der Waals surface area contributed by atoms with Gasteiger partial charge < -0.3 is 15.6 Å². The van der Waals surface area contributed by atoms with Crippen molar-refractivity contribution in [1.29, 1.82) is 0 Å². The Morgan fingerprint density at radius 2 is 1.65 bits per heavy atom. The van der Waals surface area contributed by atoms with Gasteiger partial charge in [-0.05, 0) is 41.8 Å². The highest BCUT2D eigenvalue weighted by molar-refractivity contribution is 5.95. The number of hydrogen-bond acceptors (Lipinski definition) is 3. The first-order valence-corrected chi connectivity index (χ1v) is 10.2. The topological polar surface area (TPSA) is 86.9 Å². The molecule has 0 aliphatic rings. The summed E-state index contributed by atoms with van der Waals surface area (Å²) in [6.07, 6.45) is 0. The van der Waals surface area contributed by atoms with Gasteiger partial charge in [-0.15, -0.1) is 0 Å². The molecule has 3 N–H and O–H groups in total. The maximum absolute atomic E-state index is 12.4. The number of aromatic amines is 1. The molecule has 0 spiro atoms. The molecule has 6 nitrogen and oxygen atoms in total. The molecule has 1 heterocycles. The van der Waals surface area contributed by atoms with Crippen LogP contribution in [-0.2, 0) is 4.79 Å². The molecule has 0 saturated heterocycles. The second-order valence-corrected chi connectivity index (χ2v) is 7.41. The quantitative estimate of drug-likeness (QED) is 0.417. The smallest absolute Gasteiger partial charge is 0.251 e. The fourth-order valence-electron chi connectivity index (χ4n) is 3.60. The molecule has 0 aliphatic carbocycles. The fourth-order valence-corrected chi connectivity index (χ4v) is 3.60. The highest BCUT2D eigenvalue weighted by Crippen LogP contribution is 2.30. The summed E-state index contributed by atoms with van der Waals surface area (Å²) in [7, 11) is 0. The molecule has 2 amide bonds. The minimum absolute atomic E-state index is 0.119. The summed E-state index contributed by atoms with van der Waals surface area (Å²) >= 11 is 0. The monoisotopic (exact) mass is 412 g/mol. The Morgan fingerprint density at radius 1 is 0.903 bits per heavy atom. The molecule has 6 heteroatoms. The van der Waals surface area contributed by atoms with E-state index in [-0.39, 0.29) is 11.8 Å². The first kappa shape index (κ1) is 20.3. The van der Waals surface area contributed by atoms with Gasteiger partial charge in [0.05, 0.1) is 11.0 Å². The average Bonchev–Trinajstić information content (AvgIpc) is 3.23. The van der Waals surface area contributed by atoms with Crippen molar-refractivity contribution in [2.45, 2.75) is 13.8 Å². The van der Waals surface area contributed by atoms with Gasteiger partial charge in [0.25, 0.3) is 5.91 Å². The van der Waals surface area contributed by atoms with Gasteiger partial charge in [-0.2, -0.15) is 0 Å². The lowest BCUT2D eigenvalue weighted by Crippen LogP contribution is -2.33. The highest BCUT2D eigenvalue weighted by Gasteiger charge is 2.13. The third-order valence-corrected chi connectivity index (χ3v) is 5.18. The van der Waals surface area contributed by atoms with Gasteiger partial charge in [-0.3, -0.25) is 9.59 Å². The van der Waals surface area contributed by atoms with Gasteiger partial charge in [-0.25, -0.2) is 4.98 Å². The minimum Gasteiger partial charge on any atom is -0.355 e. The predicted octanol–water partition coefficient (Wildman–Crippen LogP) is 4.07. The first-order chi connectivity index (χ1) is 15.0. The van der Waals surface area contributed by atoms with Gasteiger partial charge in [0.2, 0.25) is 5.91 Å². The molecule has 0 atom stereocenters. The number of amides is 2. The second kappa shape index (κ2) is 8.83. The predicted molar refractivity (Wildman–Crippen MR) is 123 cm³/mol. The normalized spacial score (nSPS) is 10.8. The Kier molecular flexibility index (Phi) is 5.80. The molecule has 3 aromatic carbocycles. The summed E-state index contributed by atoms with van der Waals surface area (Å²) in [5.41, 5.74) is 6.67. The van der Waals surface area contributed by atoms with Crippen LogP contribution in [0.25, 0.3) is 33.5 Å². The first-order valence-electron chi connectivity index (χ1n) is 10.2. The van der Waals surface area contributed by atoms with E-state index in [1.807, 2.05) is 42.5 Å². The lowest BCUT2D eigenvalue weighted by Gasteiger charge is -2.06. The Labute approximate surface area is 180 Å². The summed E-state index contributed by atoms with van der Waals surface area (Å²) in [6.45, 7) is 4.29. The Balaban J connectivity index is 1.59. The summed E-state index contributed by atoms with van der Waals surface area (Å²) in [6, 6.07) is 21.7. The van der Waals surface area contributed by atoms with Crippen LogP contribution in [0.1, 0.15) is 22.8 Å². The van der Waals surface area contributed by atoms with Crippen molar-refractivity contribution >= 4 is 22.8 Å². The number of nitrogens with one attached hydrogen (secondary N) is 3. The van der Waals surface area contributed by atoms with Crippen LogP contribution in [0.2, 0.25) is 0 Å². The second-order valence-electron chi connectivity index (χ2n) is 7.41. The fraction of sp³-hybridized carbons (Fsp3) is 0.160. The van der Waals surface area contributed by atoms with Crippen LogP contribution in [0.3, 0.4) is 0 Å². The number of aryl methyl sites for hydroxylation is 1. The molecule has 156 valence electrons. The van der Waals surface area contributed by atoms with E-state index >= 15 is 0 Å². The van der Waals surface area contributed by atoms with Gasteiger partial charge >= 0.3 is 0 Å². The molecule has 0 fully saturated rings. The van der Waals surface area contributed by atoms with Crippen molar-refractivity contribution in [3.63, 3.8) is 0 Å². The summed E-state index contributed by atoms with van der Waals surface area (Å²) in [5, 5.41) is 5.47. The standard InChI is InChI=1S/C25H24N4O2/c1-16-21(18-7-4-3-5-8-18)11-12-22-23(16)29-24(28-22)19-9-6-10-20(15-19)25(31)27-14-13-26-17(2)30/h3-12,15H,13-14H2,1-2H3,(H,26,30)(H,27,31)(H,28,29). The number of carbonyl (C=O) groups excluding carboxylic acids is 2. The largest absolute Gasteiger partial charge is 0.355 e. The number of carbonyl (C=O) groups is 2. The van der Waals surface area contributed by atoms with Crippen molar-refractivity contribution in [2.75, 3.05) is 13.1 Å². The Hall–Kier alpha value is -3.93. The van der Waals surface area contributed by atoms with Gasteiger partial charge in [0, 0.05) is 31.1 Å². The molecular formula is C25H24N4O2. The molecule has 0 bridgehead atoms. The van der Waals surface area contributed by atoms with Crippen LogP contribution in [0, 0.1) is 6.92 Å². The maximum Gasteiger partial charge on any atom is 0.251 e. The zero-order valence-corrected chi connectivity index (χ0v) is 17.5. The summed E-state index contributed by atoms with van der Waals surface area (Å²) in [5.74, 6) is 0.411. The maximum atomic E-state index is 12.4. The molecule has 0 aliphatic heterocycles. The SMILES string of the molecule is CC(=O)NCCNC(=O)c1cccc(-c2nc3c(C)c(-c4ccccc4)ccc3[nH]2)c1. The van der Waals surface area contributed by atoms with E-state index in [0.717, 1.165) is 39.1 Å². The Morgan fingerprint density at radius 3 is 2.42 bits per heavy atom. The van der Waals surface area contributed by atoms with Crippen LogP contribution in [-0.4, -0.2) is 34.9 Å². The number of fused-ring (bicyclic) bond motifs is 1. The van der Waals surface area contributed by atoms with Crippen molar-refractivity contribution in [1.82, 2.24) is 20.6 Å². The van der Waals surface area contributed by atoms with E-state index in [2.05, 4.69) is 40.7 Å². The highest BCUT2D eigenvalue weighted by atomic mass is 16.2. The Bertz CT molecular complexity index is 1250. The van der Waals surface area contributed by atoms with Crippen molar-refractivity contribution in [3.05, 3.63) is 77.9 Å². The zero-order chi connectivity index (χ0) is 21.8. The van der Waals surface area contributed by atoms with E-state index in [1.54, 1.807) is 6.07 Å². The van der Waals surface area contributed by atoms with Crippen molar-refractivity contribution < 1.29 is 9.59 Å². The van der Waals surface area contributed by atoms with Gasteiger partial charge in [0.1, 0.15) is 5.82 Å². The lowest BCUT2D eigenvalue weighted by atomic mass is 9.99. The van der Waals surface area contributed by atoms with Gasteiger partial charge in [0.15, 0.2) is 0 Å². The molecule has 0 saturated carbocycles. The third-order valence-electron chi connectivity index (χ3n) is 5.18. The number of H-pyrrole nitrogens is 1. The van der Waals surface area contributed by atoms with Gasteiger partial charge in [-0.1, -0.05) is 48.5 Å². The lowest BCUT2D eigenvalue weighted by molar-refractivity contribution is -0.118. The zero-order valence-electron chi connectivity index (χ0n) is 17.5. The van der Waals surface area contributed by atoms with Crippen LogP contribution < -0.4 is 10.6 Å². The van der Waals surface area contributed by atoms with E-state index in [1.165, 1.54) is 6.92 Å². The average molecular weight is 412 g/mol. The number of hydrogen-bond donors (Lipinski definition) is 3. The number of rotatable bonds is 6. The molecular weight excluding hydrogens is 388 g/mol. The summed E-state index contributed by atoms with van der Waals surface area (Å²) < 4.78 is 0. The molecule has 4 rings (SSSR count). The van der Waals surface area contributed by atoms with Crippen LogP contribution in [0.4, 0.5) is 0 Å². The molecule has 1 aromatic heterocycles. The molecule has 0 unspecified atom stereocenters. The molecule has 0 radical (unpaired) electrons. The van der Waals surface area contributed by atoms with E-state index in [9.17, 15) is 9.59 Å². The number of benzene rings is 3. The minimum atomic E-state index is -0.189. The van der Waals surface area contributed by atoms with E-state index in [4.69, 9.17) is 4.98 Å². The van der Waals surface area contributed by atoms with E-state index in [0.29, 0.717) is 18.7 Å². The molecule has 4 aromatic rings. The van der Waals surface area contributed by atoms with E-state index < -0.39 is 0 Å². The number of nitrogens with zero attached hydrogens (tertiary/aromatic N) is 1. The molecule has 31 heavy (non-hydrogen) atoms. The van der Waals surface area contributed by atoms with Crippen LogP contribution >= 0.6 is 0 Å². The number of imidazole rings is 1.